The maximum atomic E-state index is 4.54. The van der Waals surface area contributed by atoms with Gasteiger partial charge in [0, 0.05) is 12.2 Å². The van der Waals surface area contributed by atoms with Gasteiger partial charge in [0.15, 0.2) is 0 Å². The van der Waals surface area contributed by atoms with Crippen molar-refractivity contribution in [3.05, 3.63) is 22.7 Å². The predicted octanol–water partition coefficient (Wildman–Crippen LogP) is 3.35. The van der Waals surface area contributed by atoms with Gasteiger partial charge in [-0.2, -0.15) is 0 Å². The number of aryl methyl sites for hydroxylation is 2. The summed E-state index contributed by atoms with van der Waals surface area (Å²) in [5.74, 6) is 0. The maximum Gasteiger partial charge on any atom is 0.0907 e. The molecule has 1 N–H and O–H groups in total. The van der Waals surface area contributed by atoms with Gasteiger partial charge in [-0.1, -0.05) is 0 Å². The molecule has 1 aromatic carbocycles. The van der Waals surface area contributed by atoms with Crippen molar-refractivity contribution in [3.63, 3.8) is 0 Å². The van der Waals surface area contributed by atoms with Crippen molar-refractivity contribution in [1.29, 1.82) is 0 Å². The van der Waals surface area contributed by atoms with Crippen molar-refractivity contribution in [2.75, 3.05) is 11.9 Å². The molecule has 0 radical (unpaired) electrons. The van der Waals surface area contributed by atoms with Crippen LogP contribution >= 0.6 is 11.3 Å². The van der Waals surface area contributed by atoms with Gasteiger partial charge in [-0.3, -0.25) is 0 Å². The van der Waals surface area contributed by atoms with Gasteiger partial charge in [-0.15, -0.1) is 11.3 Å². The fourth-order valence-corrected chi connectivity index (χ4v) is 3.02. The highest BCUT2D eigenvalue weighted by molar-refractivity contribution is 7.18. The van der Waals surface area contributed by atoms with Crippen molar-refractivity contribution < 1.29 is 0 Å². The van der Waals surface area contributed by atoms with Crippen molar-refractivity contribution in [2.45, 2.75) is 26.2 Å². The average Bonchev–Trinajstić information content (AvgIpc) is 2.44. The van der Waals surface area contributed by atoms with Crippen molar-refractivity contribution in [3.8, 4) is 0 Å². The van der Waals surface area contributed by atoms with Crippen LogP contribution in [0.5, 0.6) is 0 Å². The molecule has 15 heavy (non-hydrogen) atoms. The zero-order chi connectivity index (χ0) is 10.3. The highest BCUT2D eigenvalue weighted by Gasteiger charge is 2.10. The third kappa shape index (κ3) is 1.61. The van der Waals surface area contributed by atoms with Crippen molar-refractivity contribution >= 4 is 27.2 Å². The Bertz CT molecular complexity index is 459. The summed E-state index contributed by atoms with van der Waals surface area (Å²) in [5, 5.41) is 4.66. The molecular weight excluding hydrogens is 204 g/mol. The maximum absolute atomic E-state index is 4.54. The van der Waals surface area contributed by atoms with Crippen LogP contribution < -0.4 is 5.32 Å². The van der Waals surface area contributed by atoms with Crippen molar-refractivity contribution in [1.82, 2.24) is 4.98 Å². The quantitative estimate of drug-likeness (QED) is 0.733. The number of nitrogens with one attached hydrogen (secondary N) is 1. The van der Waals surface area contributed by atoms with Crippen LogP contribution in [0.3, 0.4) is 0 Å². The summed E-state index contributed by atoms with van der Waals surface area (Å²) in [4.78, 5) is 4.54. The zero-order valence-electron chi connectivity index (χ0n) is 8.84. The first-order valence-corrected chi connectivity index (χ1v) is 6.28. The average molecular weight is 218 g/mol. The van der Waals surface area contributed by atoms with Gasteiger partial charge in [0.1, 0.15) is 0 Å². The molecule has 0 fully saturated rings. The molecule has 3 heteroatoms. The van der Waals surface area contributed by atoms with E-state index in [-0.39, 0.29) is 0 Å². The van der Waals surface area contributed by atoms with Gasteiger partial charge < -0.3 is 5.32 Å². The van der Waals surface area contributed by atoms with E-state index in [0.717, 1.165) is 11.6 Å². The summed E-state index contributed by atoms with van der Waals surface area (Å²) in [5.41, 5.74) is 3.92. The van der Waals surface area contributed by atoms with Gasteiger partial charge in [0.25, 0.3) is 0 Å². The van der Waals surface area contributed by atoms with E-state index >= 15 is 0 Å². The highest BCUT2D eigenvalue weighted by atomic mass is 32.1. The Balaban J connectivity index is 2.19. The van der Waals surface area contributed by atoms with Crippen LogP contribution in [0.25, 0.3) is 10.2 Å². The predicted molar refractivity (Wildman–Crippen MR) is 65.8 cm³/mol. The highest BCUT2D eigenvalue weighted by Crippen LogP contribution is 2.30. The Morgan fingerprint density at radius 3 is 3.20 bits per heavy atom. The number of benzene rings is 1. The second-order valence-electron chi connectivity index (χ2n) is 4.09. The zero-order valence-corrected chi connectivity index (χ0v) is 9.66. The summed E-state index contributed by atoms with van der Waals surface area (Å²) in [6, 6.07) is 4.52. The standard InChI is InChI=1S/C12H14N2S/c1-8-14-11-6-9-4-2-3-5-13-10(9)7-12(11)15-8/h6-7,13H,2-5H2,1H3. The summed E-state index contributed by atoms with van der Waals surface area (Å²) >= 11 is 1.78. The van der Waals surface area contributed by atoms with Crippen LogP contribution in [0.1, 0.15) is 23.4 Å². The van der Waals surface area contributed by atoms with Crippen molar-refractivity contribution in [2.24, 2.45) is 0 Å². The molecule has 0 unspecified atom stereocenters. The molecule has 0 amide bonds. The molecule has 2 nitrogen and oxygen atoms in total. The van der Waals surface area contributed by atoms with E-state index in [4.69, 9.17) is 0 Å². The fraction of sp³-hybridized carbons (Fsp3) is 0.417. The molecule has 2 heterocycles. The number of rotatable bonds is 0. The van der Waals surface area contributed by atoms with Crippen LogP contribution in [-0.2, 0) is 6.42 Å². The third-order valence-corrected chi connectivity index (χ3v) is 3.84. The Kier molecular flexibility index (Phi) is 2.13. The molecule has 0 saturated carbocycles. The van der Waals surface area contributed by atoms with E-state index in [9.17, 15) is 0 Å². The van der Waals surface area contributed by atoms with Gasteiger partial charge >= 0.3 is 0 Å². The van der Waals surface area contributed by atoms with E-state index in [0.29, 0.717) is 0 Å². The number of anilines is 1. The number of nitrogens with zero attached hydrogens (tertiary/aromatic N) is 1. The van der Waals surface area contributed by atoms with E-state index in [1.807, 2.05) is 0 Å². The second-order valence-corrected chi connectivity index (χ2v) is 5.33. The van der Waals surface area contributed by atoms with E-state index in [2.05, 4.69) is 29.4 Å². The molecule has 0 atom stereocenters. The number of hydrogen-bond acceptors (Lipinski definition) is 3. The Morgan fingerprint density at radius 1 is 1.33 bits per heavy atom. The van der Waals surface area contributed by atoms with Gasteiger partial charge in [0.05, 0.1) is 15.2 Å². The molecule has 1 aliphatic rings. The molecule has 0 bridgehead atoms. The molecule has 0 aliphatic carbocycles. The molecule has 1 aliphatic heterocycles. The van der Waals surface area contributed by atoms with Crippen LogP contribution in [0.4, 0.5) is 5.69 Å². The lowest BCUT2D eigenvalue weighted by atomic mass is 10.1. The Morgan fingerprint density at radius 2 is 2.27 bits per heavy atom. The topological polar surface area (TPSA) is 24.9 Å². The van der Waals surface area contributed by atoms with E-state index in [1.165, 1.54) is 40.7 Å². The first-order chi connectivity index (χ1) is 7.33. The summed E-state index contributed by atoms with van der Waals surface area (Å²) in [7, 11) is 0. The third-order valence-electron chi connectivity index (χ3n) is 2.91. The largest absolute Gasteiger partial charge is 0.385 e. The van der Waals surface area contributed by atoms with Crippen LogP contribution in [-0.4, -0.2) is 11.5 Å². The van der Waals surface area contributed by atoms with Gasteiger partial charge in [0.2, 0.25) is 0 Å². The summed E-state index contributed by atoms with van der Waals surface area (Å²) in [6.45, 7) is 3.18. The van der Waals surface area contributed by atoms with E-state index in [1.54, 1.807) is 11.3 Å². The minimum absolute atomic E-state index is 1.11. The summed E-state index contributed by atoms with van der Waals surface area (Å²) in [6.07, 6.45) is 3.75. The molecule has 0 spiro atoms. The lowest BCUT2D eigenvalue weighted by molar-refractivity contribution is 0.786. The van der Waals surface area contributed by atoms with Gasteiger partial charge in [-0.25, -0.2) is 4.98 Å². The first kappa shape index (κ1) is 9.16. The Labute approximate surface area is 93.3 Å². The minimum atomic E-state index is 1.11. The van der Waals surface area contributed by atoms with E-state index < -0.39 is 0 Å². The second kappa shape index (κ2) is 3.49. The molecule has 3 rings (SSSR count). The molecule has 78 valence electrons. The molecule has 1 aromatic heterocycles. The van der Waals surface area contributed by atoms with Crippen LogP contribution in [0.2, 0.25) is 0 Å². The number of aromatic nitrogens is 1. The smallest absolute Gasteiger partial charge is 0.0907 e. The normalized spacial score (nSPS) is 15.8. The van der Waals surface area contributed by atoms with Crippen LogP contribution in [0, 0.1) is 6.92 Å². The number of fused-ring (bicyclic) bond motifs is 2. The Hall–Kier alpha value is -1.09. The van der Waals surface area contributed by atoms with Crippen LogP contribution in [0.15, 0.2) is 12.1 Å². The SMILES string of the molecule is Cc1nc2cc3c(cc2s1)NCCCC3. The summed E-state index contributed by atoms with van der Waals surface area (Å²) < 4.78 is 1.31. The minimum Gasteiger partial charge on any atom is -0.385 e. The number of thiazole rings is 1. The first-order valence-electron chi connectivity index (χ1n) is 5.47. The molecule has 0 saturated heterocycles. The lowest BCUT2D eigenvalue weighted by Gasteiger charge is -2.06. The fourth-order valence-electron chi connectivity index (χ4n) is 2.17. The number of hydrogen-bond donors (Lipinski definition) is 1. The lowest BCUT2D eigenvalue weighted by Crippen LogP contribution is -1.98. The molecule has 2 aromatic rings. The molecular formula is C12H14N2S. The van der Waals surface area contributed by atoms with Gasteiger partial charge in [-0.05, 0) is 43.9 Å². The monoisotopic (exact) mass is 218 g/mol.